The zero-order valence-electron chi connectivity index (χ0n) is 19.0. The Kier molecular flexibility index (Phi) is 7.18. The number of carboxylic acid groups (broad SMARTS) is 1. The van der Waals surface area contributed by atoms with E-state index in [2.05, 4.69) is 15.4 Å². The Hall–Kier alpha value is -4.09. The predicted molar refractivity (Wildman–Crippen MR) is 125 cm³/mol. The topological polar surface area (TPSA) is 124 Å². The minimum Gasteiger partial charge on any atom is -0.548 e. The third kappa shape index (κ3) is 6.08. The molecular weight excluding hydrogens is 468 g/mol. The van der Waals surface area contributed by atoms with Crippen LogP contribution in [0.1, 0.15) is 11.3 Å². The van der Waals surface area contributed by atoms with Gasteiger partial charge in [-0.3, -0.25) is 0 Å². The van der Waals surface area contributed by atoms with E-state index in [1.54, 1.807) is 65.2 Å². The van der Waals surface area contributed by atoms with E-state index in [4.69, 9.17) is 0 Å². The van der Waals surface area contributed by atoms with Crippen LogP contribution in [0.2, 0.25) is 0 Å². The van der Waals surface area contributed by atoms with Crippen LogP contribution in [0.25, 0.3) is 5.69 Å². The average Bonchev–Trinajstić information content (AvgIpc) is 3.38. The van der Waals surface area contributed by atoms with Gasteiger partial charge in [-0.1, -0.05) is 18.2 Å². The molecule has 3 heterocycles. The second-order valence-electron chi connectivity index (χ2n) is 7.84. The normalized spacial score (nSPS) is 11.5. The Balaban J connectivity index is 1.63. The number of carboxylic acids is 1. The first-order chi connectivity index (χ1) is 16.8. The first-order valence-corrected chi connectivity index (χ1v) is 12.2. The van der Waals surface area contributed by atoms with Gasteiger partial charge in [0.1, 0.15) is 17.8 Å². The van der Waals surface area contributed by atoms with Crippen LogP contribution in [0.15, 0.2) is 90.3 Å². The summed E-state index contributed by atoms with van der Waals surface area (Å²) in [5.41, 5.74) is 2.11. The van der Waals surface area contributed by atoms with Gasteiger partial charge in [0.25, 0.3) is 0 Å². The van der Waals surface area contributed by atoms with Crippen molar-refractivity contribution < 1.29 is 22.9 Å². The molecule has 0 atom stereocenters. The molecule has 0 aliphatic heterocycles. The summed E-state index contributed by atoms with van der Waals surface area (Å²) in [4.78, 5) is 15.3. The van der Waals surface area contributed by atoms with Gasteiger partial charge in [0.2, 0.25) is 10.0 Å². The van der Waals surface area contributed by atoms with Crippen LogP contribution in [-0.2, 0) is 35.0 Å². The molecule has 0 spiro atoms. The highest BCUT2D eigenvalue weighted by Crippen LogP contribution is 2.21. The van der Waals surface area contributed by atoms with Crippen molar-refractivity contribution in [1.82, 2.24) is 19.1 Å². The number of hydrogen-bond donors (Lipinski definition) is 1. The number of nitrogens with one attached hydrogen (secondary N) is 1. The highest BCUT2D eigenvalue weighted by molar-refractivity contribution is 7.89. The number of aromatic nitrogens is 4. The van der Waals surface area contributed by atoms with Crippen LogP contribution < -0.4 is 15.0 Å². The number of aryl methyl sites for hydroxylation is 1. The van der Waals surface area contributed by atoms with Crippen LogP contribution >= 0.6 is 0 Å². The van der Waals surface area contributed by atoms with Crippen LogP contribution in [0.4, 0.5) is 5.82 Å². The van der Waals surface area contributed by atoms with E-state index in [-0.39, 0.29) is 18.0 Å². The third-order valence-corrected chi connectivity index (χ3v) is 6.95. The number of hydrogen-bond acceptors (Lipinski definition) is 7. The molecule has 35 heavy (non-hydrogen) atoms. The smallest absolute Gasteiger partial charge is 0.249 e. The number of nitrogens with zero attached hydrogens (tertiary/aromatic N) is 5. The van der Waals surface area contributed by atoms with Crippen molar-refractivity contribution in [3.8, 4) is 5.69 Å². The van der Waals surface area contributed by atoms with Crippen molar-refractivity contribution in [2.24, 2.45) is 7.05 Å². The zero-order valence-corrected chi connectivity index (χ0v) is 19.8. The summed E-state index contributed by atoms with van der Waals surface area (Å²) in [6.07, 6.45) is 6.82. The molecule has 0 radical (unpaired) electrons. The Morgan fingerprint density at radius 1 is 1.09 bits per heavy atom. The molecule has 0 saturated heterocycles. The van der Waals surface area contributed by atoms with Gasteiger partial charge in [-0.15, -0.1) is 0 Å². The average molecular weight is 493 g/mol. The molecule has 0 aliphatic carbocycles. The molecule has 0 amide bonds. The monoisotopic (exact) mass is 492 g/mol. The number of rotatable bonds is 10. The fourth-order valence-electron chi connectivity index (χ4n) is 3.48. The highest BCUT2D eigenvalue weighted by atomic mass is 32.2. The standard InChI is InChI=1S/C24H24N6O4S/c1-28-13-3-6-22(18-28)35(33,34)29(17-20-5-2-7-23(27-20)25-15-24(31)32)16-19-8-10-21(11-9-19)30-14-4-12-26-30/h2-14,18H,15-17H2,1H3,(H-,25,27,31,32). The summed E-state index contributed by atoms with van der Waals surface area (Å²) in [5.74, 6) is -0.948. The van der Waals surface area contributed by atoms with Crippen molar-refractivity contribution in [3.05, 3.63) is 96.7 Å². The molecule has 0 aliphatic rings. The summed E-state index contributed by atoms with van der Waals surface area (Å²) >= 11 is 0. The Labute approximate surface area is 203 Å². The lowest BCUT2D eigenvalue weighted by atomic mass is 10.2. The largest absolute Gasteiger partial charge is 0.548 e. The fraction of sp³-hybridized carbons (Fsp3) is 0.167. The maximum Gasteiger partial charge on any atom is 0.249 e. The molecule has 1 aromatic carbocycles. The number of sulfonamides is 1. The number of carbonyl (C=O) groups excluding carboxylic acids is 1. The predicted octanol–water partition coefficient (Wildman–Crippen LogP) is 0.645. The van der Waals surface area contributed by atoms with Crippen LogP contribution in [0, 0.1) is 0 Å². The van der Waals surface area contributed by atoms with E-state index in [0.717, 1.165) is 11.3 Å². The van der Waals surface area contributed by atoms with Gasteiger partial charge in [-0.2, -0.15) is 9.40 Å². The second kappa shape index (κ2) is 10.5. The zero-order chi connectivity index (χ0) is 24.8. The van der Waals surface area contributed by atoms with E-state index in [1.165, 1.54) is 4.31 Å². The van der Waals surface area contributed by atoms with Gasteiger partial charge in [0.05, 0.1) is 30.4 Å². The van der Waals surface area contributed by atoms with E-state index in [9.17, 15) is 18.3 Å². The summed E-state index contributed by atoms with van der Waals surface area (Å²) in [7, 11) is -2.13. The quantitative estimate of drug-likeness (QED) is 0.322. The van der Waals surface area contributed by atoms with Crippen molar-refractivity contribution in [1.29, 1.82) is 0 Å². The molecule has 11 heteroatoms. The molecular formula is C24H24N6O4S. The third-order valence-electron chi connectivity index (χ3n) is 5.17. The minimum absolute atomic E-state index is 0.0112. The molecule has 10 nitrogen and oxygen atoms in total. The van der Waals surface area contributed by atoms with Crippen molar-refractivity contribution in [2.75, 3.05) is 11.9 Å². The first kappa shape index (κ1) is 24.0. The van der Waals surface area contributed by atoms with Crippen LogP contribution in [0.5, 0.6) is 0 Å². The molecule has 0 bridgehead atoms. The molecule has 180 valence electrons. The molecule has 0 unspecified atom stereocenters. The number of carbonyl (C=O) groups is 1. The molecule has 0 saturated carbocycles. The minimum atomic E-state index is -3.88. The van der Waals surface area contributed by atoms with E-state index >= 15 is 0 Å². The van der Waals surface area contributed by atoms with Gasteiger partial charge in [-0.05, 0) is 42.0 Å². The van der Waals surface area contributed by atoms with E-state index in [0.29, 0.717) is 11.5 Å². The maximum absolute atomic E-state index is 13.6. The van der Waals surface area contributed by atoms with E-state index < -0.39 is 22.5 Å². The van der Waals surface area contributed by atoms with Crippen molar-refractivity contribution >= 4 is 21.8 Å². The Morgan fingerprint density at radius 2 is 1.89 bits per heavy atom. The highest BCUT2D eigenvalue weighted by Gasteiger charge is 2.27. The second-order valence-corrected chi connectivity index (χ2v) is 9.77. The van der Waals surface area contributed by atoms with Crippen molar-refractivity contribution in [2.45, 2.75) is 18.0 Å². The first-order valence-electron chi connectivity index (χ1n) is 10.8. The van der Waals surface area contributed by atoms with Gasteiger partial charge in [0.15, 0.2) is 12.4 Å². The molecule has 1 N–H and O–H groups in total. The summed E-state index contributed by atoms with van der Waals surface area (Å²) in [6.45, 7) is -0.303. The lowest BCUT2D eigenvalue weighted by molar-refractivity contribution is -0.673. The number of anilines is 1. The Morgan fingerprint density at radius 3 is 2.57 bits per heavy atom. The van der Waals surface area contributed by atoms with Gasteiger partial charge in [0, 0.05) is 25.0 Å². The number of benzene rings is 1. The summed E-state index contributed by atoms with van der Waals surface area (Å²) < 4.78 is 32.0. The number of pyridine rings is 2. The Bertz CT molecular complexity index is 1410. The lowest BCUT2D eigenvalue weighted by Crippen LogP contribution is -2.34. The van der Waals surface area contributed by atoms with Crippen LogP contribution in [0.3, 0.4) is 0 Å². The van der Waals surface area contributed by atoms with Gasteiger partial charge in [-0.25, -0.2) is 22.7 Å². The molecule has 3 aromatic heterocycles. The van der Waals surface area contributed by atoms with Gasteiger partial charge < -0.3 is 15.2 Å². The summed E-state index contributed by atoms with van der Waals surface area (Å²) in [5, 5.41) is 17.6. The van der Waals surface area contributed by atoms with Gasteiger partial charge >= 0.3 is 0 Å². The molecule has 0 fully saturated rings. The van der Waals surface area contributed by atoms with Crippen LogP contribution in [-0.4, -0.2) is 40.0 Å². The lowest BCUT2D eigenvalue weighted by Gasteiger charge is -2.22. The maximum atomic E-state index is 13.6. The number of aliphatic carboxylic acids is 1. The molecule has 4 rings (SSSR count). The summed E-state index contributed by atoms with van der Waals surface area (Å²) in [6, 6.07) is 17.5. The van der Waals surface area contributed by atoms with Crippen molar-refractivity contribution in [3.63, 3.8) is 0 Å². The SMILES string of the molecule is C[n+]1cccc(S(=O)(=O)N(Cc2ccc(-n3cccn3)cc2)Cc2cccc(NCC(=O)[O-])n2)c1. The van der Waals surface area contributed by atoms with E-state index in [1.807, 2.05) is 36.5 Å². The molecule has 4 aromatic rings. The fourth-order valence-corrected chi connectivity index (χ4v) is 4.95.